The molecule has 2 unspecified atom stereocenters. The number of ether oxygens (including phenoxy) is 4. The molecule has 0 aromatic carbocycles. The number of methoxy groups -OCH3 is 1. The zero-order valence-corrected chi connectivity index (χ0v) is 27.0. The summed E-state index contributed by atoms with van der Waals surface area (Å²) >= 11 is 0. The third kappa shape index (κ3) is 21.9. The maximum absolute atomic E-state index is 11.9. The van der Waals surface area contributed by atoms with Crippen molar-refractivity contribution in [2.75, 3.05) is 33.5 Å². The van der Waals surface area contributed by atoms with Crippen molar-refractivity contribution < 1.29 is 67.2 Å². The van der Waals surface area contributed by atoms with Crippen LogP contribution in [0.2, 0.25) is 0 Å². The molecule has 2 saturated heterocycles. The Labute approximate surface area is 279 Å². The lowest BCUT2D eigenvalue weighted by molar-refractivity contribution is -0.152. The quantitative estimate of drug-likeness (QED) is 0.0978. The number of barbiturate groups is 1. The van der Waals surface area contributed by atoms with Crippen LogP contribution in [-0.2, 0) is 52.5 Å². The highest BCUT2D eigenvalue weighted by atomic mass is 16.6. The monoisotopic (exact) mass is 688 g/mol. The van der Waals surface area contributed by atoms with Gasteiger partial charge in [-0.05, 0) is 37.7 Å². The predicted octanol–water partition coefficient (Wildman–Crippen LogP) is 1.25. The van der Waals surface area contributed by atoms with Crippen LogP contribution in [0.25, 0.3) is 0 Å². The van der Waals surface area contributed by atoms with E-state index in [9.17, 15) is 38.4 Å². The fourth-order valence-electron chi connectivity index (χ4n) is 3.75. The normalized spacial score (nSPS) is 17.5. The number of Topliss-reactive ketones (excluding diaryl/α,β-unsaturated/α-hetero) is 1. The number of fused-ring (bicyclic) bond motifs is 1. The highest BCUT2D eigenvalue weighted by Gasteiger charge is 2.42. The van der Waals surface area contributed by atoms with Crippen LogP contribution in [0.1, 0.15) is 79.6 Å². The molecule has 7 amide bonds. The van der Waals surface area contributed by atoms with Crippen molar-refractivity contribution in [3.63, 3.8) is 0 Å². The van der Waals surface area contributed by atoms with Crippen molar-refractivity contribution in [3.05, 3.63) is 11.6 Å². The largest absolute Gasteiger partial charge is 0.481 e. The minimum absolute atomic E-state index is 0. The smallest absolute Gasteiger partial charge is 0.332 e. The molecular weight excluding hydrogens is 640 g/mol. The summed E-state index contributed by atoms with van der Waals surface area (Å²) in [6.45, 7) is 7.73. The van der Waals surface area contributed by atoms with Gasteiger partial charge in [-0.3, -0.25) is 44.7 Å². The van der Waals surface area contributed by atoms with Gasteiger partial charge < -0.3 is 29.4 Å². The van der Waals surface area contributed by atoms with Crippen LogP contribution in [0.4, 0.5) is 9.59 Å². The zero-order valence-electron chi connectivity index (χ0n) is 27.0. The first-order valence-corrected chi connectivity index (χ1v) is 14.8. The Morgan fingerprint density at radius 1 is 0.875 bits per heavy atom. The van der Waals surface area contributed by atoms with Gasteiger partial charge in [0.1, 0.15) is 24.5 Å². The lowest BCUT2D eigenvalue weighted by Crippen LogP contribution is -2.61. The second-order valence-electron chi connectivity index (χ2n) is 9.86. The van der Waals surface area contributed by atoms with Crippen molar-refractivity contribution in [2.24, 2.45) is 5.92 Å². The summed E-state index contributed by atoms with van der Waals surface area (Å²) in [6.07, 6.45) is 4.32. The Kier molecular flexibility index (Phi) is 24.9. The van der Waals surface area contributed by atoms with Gasteiger partial charge in [-0.15, -0.1) is 0 Å². The van der Waals surface area contributed by atoms with E-state index in [1.807, 2.05) is 24.5 Å². The summed E-state index contributed by atoms with van der Waals surface area (Å²) in [4.78, 5) is 96.1. The Bertz CT molecular complexity index is 1110. The van der Waals surface area contributed by atoms with E-state index in [2.05, 4.69) is 15.4 Å². The van der Waals surface area contributed by atoms with E-state index >= 15 is 0 Å². The molecule has 0 bridgehead atoms. The minimum atomic E-state index is -0.902. The molecule has 3 aliphatic heterocycles. The standard InChI is InChI=1S/C13H18N2O5.C10H18O4.C4H4N2O3.C2H4O2.CH4/c1-2-5-19-6-3-4-8-7-9(16)20-12-10(8)11(17)14-13(18)15-12;1-3-6-14-7-4-5-9(11)8-10(12)13-2;7-2-1-3(8)6-4(9)5-2;1-2(3)4;/h7,10,12H,2-6H2,1H3,(H2,14,15,17,18);3-8H2,1-2H3;1H2,(H2,5,6,7,8,9);1H3,(H,3,4);1H4. The third-order valence-electron chi connectivity index (χ3n) is 5.63. The Hall–Kier alpha value is -4.71. The fraction of sp³-hybridized carbons (Fsp3) is 0.633. The van der Waals surface area contributed by atoms with Crippen LogP contribution in [0.5, 0.6) is 0 Å². The number of carboxylic acids is 1. The maximum atomic E-state index is 11.9. The lowest BCUT2D eigenvalue weighted by Gasteiger charge is -2.34. The first-order chi connectivity index (χ1) is 22.2. The summed E-state index contributed by atoms with van der Waals surface area (Å²) in [5.41, 5.74) is 0.670. The van der Waals surface area contributed by atoms with E-state index < -0.39 is 59.8 Å². The number of urea groups is 2. The second-order valence-corrected chi connectivity index (χ2v) is 9.86. The summed E-state index contributed by atoms with van der Waals surface area (Å²) < 4.78 is 19.9. The van der Waals surface area contributed by atoms with E-state index in [0.717, 1.165) is 26.4 Å². The number of imide groups is 3. The molecule has 3 aliphatic rings. The molecule has 0 radical (unpaired) electrons. The molecule has 0 aromatic heterocycles. The number of rotatable bonds is 14. The molecule has 272 valence electrons. The summed E-state index contributed by atoms with van der Waals surface area (Å²) in [5.74, 6) is -4.11. The average molecular weight is 689 g/mol. The van der Waals surface area contributed by atoms with E-state index in [0.29, 0.717) is 51.1 Å². The molecule has 3 heterocycles. The fourth-order valence-corrected chi connectivity index (χ4v) is 3.75. The van der Waals surface area contributed by atoms with E-state index in [-0.39, 0.29) is 26.1 Å². The highest BCUT2D eigenvalue weighted by Crippen LogP contribution is 2.27. The van der Waals surface area contributed by atoms with Crippen LogP contribution in [0, 0.1) is 5.92 Å². The topological polar surface area (TPSA) is 259 Å². The average Bonchev–Trinajstić information content (AvgIpc) is 2.96. The molecule has 2 atom stereocenters. The Morgan fingerprint density at radius 3 is 1.92 bits per heavy atom. The molecule has 18 nitrogen and oxygen atoms in total. The van der Waals surface area contributed by atoms with Crippen LogP contribution in [0.3, 0.4) is 0 Å². The molecular formula is C30H48N4O14. The van der Waals surface area contributed by atoms with Crippen LogP contribution < -0.4 is 21.3 Å². The summed E-state index contributed by atoms with van der Waals surface area (Å²) in [6, 6.07) is -1.38. The number of nitrogens with one attached hydrogen (secondary N) is 4. The number of carbonyl (C=O) groups excluding carboxylic acids is 8. The van der Waals surface area contributed by atoms with Crippen LogP contribution in [0.15, 0.2) is 11.6 Å². The van der Waals surface area contributed by atoms with Gasteiger partial charge in [0.05, 0.1) is 7.11 Å². The number of aliphatic carboxylic acids is 1. The van der Waals surface area contributed by atoms with Crippen LogP contribution in [-0.4, -0.2) is 98.3 Å². The van der Waals surface area contributed by atoms with Crippen molar-refractivity contribution in [2.45, 2.75) is 85.8 Å². The minimum Gasteiger partial charge on any atom is -0.481 e. The number of esters is 2. The molecule has 2 fully saturated rings. The molecule has 0 aromatic rings. The van der Waals surface area contributed by atoms with Crippen LogP contribution >= 0.6 is 0 Å². The van der Waals surface area contributed by atoms with Crippen molar-refractivity contribution >= 4 is 53.5 Å². The Balaban J connectivity index is 0. The van der Waals surface area contributed by atoms with E-state index in [1.54, 1.807) is 0 Å². The number of carboxylic acid groups (broad SMARTS) is 1. The number of hydrogen-bond donors (Lipinski definition) is 5. The predicted molar refractivity (Wildman–Crippen MR) is 167 cm³/mol. The molecule has 0 saturated carbocycles. The van der Waals surface area contributed by atoms with E-state index in [1.165, 1.54) is 13.2 Å². The van der Waals surface area contributed by atoms with Gasteiger partial charge in [0.2, 0.25) is 17.7 Å². The molecule has 3 rings (SSSR count). The summed E-state index contributed by atoms with van der Waals surface area (Å²) in [5, 5.41) is 15.8. The molecule has 18 heteroatoms. The molecule has 0 aliphatic carbocycles. The SMILES string of the molecule is C.CC(=O)O.CCCOCCCC(=O)CC(=O)OC.CCCOCCCC1=CC(=O)OC2NC(=O)NC(=O)C12.O=C1CC(=O)NC(=O)N1. The lowest BCUT2D eigenvalue weighted by atomic mass is 9.89. The number of ketones is 1. The second kappa shape index (κ2) is 26.4. The first kappa shape index (κ1) is 45.4. The number of hydrogen-bond acceptors (Lipinski definition) is 13. The van der Waals surface area contributed by atoms with Crippen molar-refractivity contribution in [1.29, 1.82) is 0 Å². The van der Waals surface area contributed by atoms with Gasteiger partial charge in [0, 0.05) is 45.8 Å². The Morgan fingerprint density at radius 2 is 1.42 bits per heavy atom. The highest BCUT2D eigenvalue weighted by molar-refractivity contribution is 6.14. The molecule has 48 heavy (non-hydrogen) atoms. The van der Waals surface area contributed by atoms with Gasteiger partial charge in [-0.2, -0.15) is 0 Å². The maximum Gasteiger partial charge on any atom is 0.332 e. The first-order valence-electron chi connectivity index (χ1n) is 14.8. The van der Waals surface area contributed by atoms with Crippen molar-refractivity contribution in [1.82, 2.24) is 21.3 Å². The van der Waals surface area contributed by atoms with Gasteiger partial charge in [0.15, 0.2) is 6.23 Å². The zero-order chi connectivity index (χ0) is 35.8. The molecule has 5 N–H and O–H groups in total. The van der Waals surface area contributed by atoms with Gasteiger partial charge in [-0.25, -0.2) is 14.4 Å². The van der Waals surface area contributed by atoms with Gasteiger partial charge >= 0.3 is 24.0 Å². The number of carbonyl (C=O) groups is 9. The molecule has 0 spiro atoms. The van der Waals surface area contributed by atoms with Gasteiger partial charge in [-0.1, -0.05) is 21.3 Å². The van der Waals surface area contributed by atoms with Crippen molar-refractivity contribution in [3.8, 4) is 0 Å². The number of amides is 7. The van der Waals surface area contributed by atoms with Gasteiger partial charge in [0.25, 0.3) is 5.97 Å². The van der Waals surface area contributed by atoms with E-state index in [4.69, 9.17) is 24.1 Å². The third-order valence-corrected chi connectivity index (χ3v) is 5.63. The summed E-state index contributed by atoms with van der Waals surface area (Å²) in [7, 11) is 1.28.